The van der Waals surface area contributed by atoms with Crippen molar-refractivity contribution in [3.8, 4) is 40.0 Å². The normalized spacial score (nSPS) is 11.9. The zero-order chi connectivity index (χ0) is 19.8. The van der Waals surface area contributed by atoms with E-state index >= 15 is 0 Å². The Labute approximate surface area is 171 Å². The molecule has 0 bridgehead atoms. The summed E-state index contributed by atoms with van der Waals surface area (Å²) >= 11 is 3.45. The van der Waals surface area contributed by atoms with Gasteiger partial charge in [-0.15, -0.1) is 0 Å². The molecule has 0 amide bonds. The van der Waals surface area contributed by atoms with Gasteiger partial charge in [0, 0.05) is 22.1 Å². The number of fused-ring (bicyclic) bond motifs is 3. The van der Waals surface area contributed by atoms with Crippen molar-refractivity contribution in [1.29, 1.82) is 10.7 Å². The molecule has 2 aromatic carbocycles. The number of ether oxygens (including phenoxy) is 2. The summed E-state index contributed by atoms with van der Waals surface area (Å²) in [5.74, 6) is 1.35. The van der Waals surface area contributed by atoms with Crippen LogP contribution in [0.3, 0.4) is 0 Å². The number of pyridine rings is 1. The van der Waals surface area contributed by atoms with Gasteiger partial charge in [-0.2, -0.15) is 5.26 Å². The highest BCUT2D eigenvalue weighted by Crippen LogP contribution is 2.39. The zero-order valence-electron chi connectivity index (χ0n) is 15.5. The lowest BCUT2D eigenvalue weighted by Crippen LogP contribution is -2.28. The number of nitrogens with zero attached hydrogens (tertiary/aromatic N) is 2. The molecule has 0 unspecified atom stereocenters. The number of methoxy groups -OCH3 is 2. The summed E-state index contributed by atoms with van der Waals surface area (Å²) < 4.78 is 13.8. The van der Waals surface area contributed by atoms with Crippen LogP contribution in [0, 0.1) is 16.7 Å². The molecule has 6 heteroatoms. The average Bonchev–Trinajstić information content (AvgIpc) is 2.72. The number of rotatable bonds is 3. The molecule has 28 heavy (non-hydrogen) atoms. The number of benzene rings is 2. The maximum Gasteiger partial charge on any atom is 0.161 e. The average molecular weight is 436 g/mol. The minimum Gasteiger partial charge on any atom is -0.493 e. The van der Waals surface area contributed by atoms with Crippen LogP contribution < -0.4 is 15.0 Å². The Kier molecular flexibility index (Phi) is 4.70. The third-order valence-electron chi connectivity index (χ3n) is 5.11. The Hall–Kier alpha value is -3.04. The molecule has 1 N–H and O–H groups in total. The first kappa shape index (κ1) is 18.3. The molecular weight excluding hydrogens is 418 g/mol. The number of nitrogens with one attached hydrogen (secondary N) is 1. The van der Waals surface area contributed by atoms with E-state index in [1.54, 1.807) is 14.2 Å². The third kappa shape index (κ3) is 2.88. The minimum atomic E-state index is 0.235. The standard InChI is InChI=1S/C22H18BrN3O2/c1-27-20-9-14-7-8-26-19(17(14)11-21(20)28-2)10-16(18(12-24)22(26)25)13-3-5-15(23)6-4-13/h3-6,9-11,25H,7-8H2,1-2H3. The lowest BCUT2D eigenvalue weighted by Gasteiger charge is -2.25. The molecule has 140 valence electrons. The first-order chi connectivity index (χ1) is 13.6. The van der Waals surface area contributed by atoms with E-state index in [1.807, 2.05) is 47.0 Å². The number of hydrogen-bond donors (Lipinski definition) is 1. The van der Waals surface area contributed by atoms with Crippen LogP contribution in [0.2, 0.25) is 0 Å². The van der Waals surface area contributed by atoms with Gasteiger partial charge in [0.2, 0.25) is 0 Å². The smallest absolute Gasteiger partial charge is 0.161 e. The van der Waals surface area contributed by atoms with Gasteiger partial charge in [-0.25, -0.2) is 0 Å². The largest absolute Gasteiger partial charge is 0.493 e. The fourth-order valence-electron chi connectivity index (χ4n) is 3.69. The number of aryl methyl sites for hydroxylation is 1. The van der Waals surface area contributed by atoms with E-state index in [2.05, 4.69) is 22.0 Å². The Morgan fingerprint density at radius 2 is 1.71 bits per heavy atom. The lowest BCUT2D eigenvalue weighted by molar-refractivity contribution is 0.354. The van der Waals surface area contributed by atoms with Gasteiger partial charge >= 0.3 is 0 Å². The Morgan fingerprint density at radius 3 is 2.36 bits per heavy atom. The van der Waals surface area contributed by atoms with Gasteiger partial charge in [0.1, 0.15) is 17.1 Å². The monoisotopic (exact) mass is 435 g/mol. The molecule has 0 aliphatic carbocycles. The maximum atomic E-state index is 9.73. The zero-order valence-corrected chi connectivity index (χ0v) is 17.1. The van der Waals surface area contributed by atoms with E-state index in [1.165, 1.54) is 0 Å². The van der Waals surface area contributed by atoms with Crippen molar-refractivity contribution < 1.29 is 9.47 Å². The highest BCUT2D eigenvalue weighted by molar-refractivity contribution is 9.10. The van der Waals surface area contributed by atoms with Crippen LogP contribution in [0.1, 0.15) is 11.1 Å². The molecule has 4 rings (SSSR count). The van der Waals surface area contributed by atoms with Crippen LogP contribution in [0.15, 0.2) is 46.9 Å². The van der Waals surface area contributed by atoms with Crippen molar-refractivity contribution in [2.45, 2.75) is 13.0 Å². The second-order valence-electron chi connectivity index (χ2n) is 6.55. The van der Waals surface area contributed by atoms with Gasteiger partial charge in [-0.3, -0.25) is 5.41 Å². The summed E-state index contributed by atoms with van der Waals surface area (Å²) in [6.07, 6.45) is 0.766. The van der Waals surface area contributed by atoms with Gasteiger partial charge in [-0.1, -0.05) is 28.1 Å². The third-order valence-corrected chi connectivity index (χ3v) is 5.63. The molecule has 3 aromatic rings. The summed E-state index contributed by atoms with van der Waals surface area (Å²) in [5, 5.41) is 18.4. The van der Waals surface area contributed by atoms with Gasteiger partial charge in [0.25, 0.3) is 0 Å². The van der Waals surface area contributed by atoms with Gasteiger partial charge < -0.3 is 14.0 Å². The van der Waals surface area contributed by atoms with Gasteiger partial charge in [-0.05, 0) is 47.9 Å². The quantitative estimate of drug-likeness (QED) is 0.657. The predicted octanol–water partition coefficient (Wildman–Crippen LogP) is 4.51. The molecular formula is C22H18BrN3O2. The summed E-state index contributed by atoms with van der Waals surface area (Å²) in [4.78, 5) is 0. The first-order valence-corrected chi connectivity index (χ1v) is 9.60. The van der Waals surface area contributed by atoms with Crippen LogP contribution >= 0.6 is 15.9 Å². The topological polar surface area (TPSA) is 71.0 Å². The summed E-state index contributed by atoms with van der Waals surface area (Å²) in [6, 6.07) is 16.0. The molecule has 0 spiro atoms. The van der Waals surface area contributed by atoms with E-state index in [4.69, 9.17) is 14.9 Å². The first-order valence-electron chi connectivity index (χ1n) is 8.81. The molecule has 0 atom stereocenters. The molecule has 0 radical (unpaired) electrons. The number of aromatic nitrogens is 1. The van der Waals surface area contributed by atoms with E-state index in [-0.39, 0.29) is 5.49 Å². The molecule has 0 saturated heterocycles. The van der Waals surface area contributed by atoms with Crippen molar-refractivity contribution in [3.05, 3.63) is 63.6 Å². The number of hydrogen-bond acceptors (Lipinski definition) is 4. The maximum absolute atomic E-state index is 9.73. The number of nitriles is 1. The van der Waals surface area contributed by atoms with Crippen molar-refractivity contribution in [3.63, 3.8) is 0 Å². The lowest BCUT2D eigenvalue weighted by atomic mass is 9.92. The van der Waals surface area contributed by atoms with Gasteiger partial charge in [0.15, 0.2) is 11.5 Å². The fourth-order valence-corrected chi connectivity index (χ4v) is 3.96. The SMILES string of the molecule is COc1cc2c(cc1OC)-c1cc(-c3ccc(Br)cc3)c(C#N)c(=N)n1CC2. The second kappa shape index (κ2) is 7.17. The fraction of sp³-hybridized carbons (Fsp3) is 0.182. The second-order valence-corrected chi connectivity index (χ2v) is 7.47. The van der Waals surface area contributed by atoms with E-state index < -0.39 is 0 Å². The van der Waals surface area contributed by atoms with Crippen LogP contribution in [0.4, 0.5) is 0 Å². The van der Waals surface area contributed by atoms with Crippen LogP contribution in [0.25, 0.3) is 22.4 Å². The van der Waals surface area contributed by atoms with E-state index in [0.29, 0.717) is 23.6 Å². The molecule has 1 aliphatic heterocycles. The van der Waals surface area contributed by atoms with E-state index in [0.717, 1.165) is 38.8 Å². The highest BCUT2D eigenvalue weighted by atomic mass is 79.9. The van der Waals surface area contributed by atoms with Crippen molar-refractivity contribution in [2.75, 3.05) is 14.2 Å². The van der Waals surface area contributed by atoms with Gasteiger partial charge in [0.05, 0.1) is 19.9 Å². The molecule has 0 fully saturated rings. The summed E-state index contributed by atoms with van der Waals surface area (Å²) in [7, 11) is 3.24. The van der Waals surface area contributed by atoms with Crippen molar-refractivity contribution >= 4 is 15.9 Å². The van der Waals surface area contributed by atoms with Crippen LogP contribution in [0.5, 0.6) is 11.5 Å². The minimum absolute atomic E-state index is 0.235. The van der Waals surface area contributed by atoms with E-state index in [9.17, 15) is 5.26 Å². The molecule has 2 heterocycles. The Morgan fingerprint density at radius 1 is 1.04 bits per heavy atom. The Bertz CT molecular complexity index is 1170. The van der Waals surface area contributed by atoms with Crippen molar-refractivity contribution in [1.82, 2.24) is 4.57 Å². The summed E-state index contributed by atoms with van der Waals surface area (Å²) in [6.45, 7) is 0.645. The van der Waals surface area contributed by atoms with Crippen molar-refractivity contribution in [2.24, 2.45) is 0 Å². The highest BCUT2D eigenvalue weighted by Gasteiger charge is 2.23. The Balaban J connectivity index is 2.01. The summed E-state index contributed by atoms with van der Waals surface area (Å²) in [5.41, 5.74) is 5.33. The molecule has 0 saturated carbocycles. The van der Waals surface area contributed by atoms with Crippen LogP contribution in [-0.2, 0) is 13.0 Å². The molecule has 1 aliphatic rings. The molecule has 1 aromatic heterocycles. The van der Waals surface area contributed by atoms with Crippen LogP contribution in [-0.4, -0.2) is 18.8 Å². The number of halogens is 1. The predicted molar refractivity (Wildman–Crippen MR) is 110 cm³/mol. The molecule has 5 nitrogen and oxygen atoms in total.